The minimum Gasteiger partial charge on any atom is -0.469 e. The largest absolute Gasteiger partial charge is 0.469 e. The molecule has 1 heterocycles. The maximum absolute atomic E-state index is 11.1. The van der Waals surface area contributed by atoms with E-state index in [2.05, 4.69) is 4.74 Å². The van der Waals surface area contributed by atoms with Crippen molar-refractivity contribution < 1.29 is 19.0 Å². The number of carbonyl (C=O) groups excluding carboxylic acids is 1. The van der Waals surface area contributed by atoms with E-state index in [9.17, 15) is 4.79 Å². The second-order valence-corrected chi connectivity index (χ2v) is 4.08. The lowest BCUT2D eigenvalue weighted by Gasteiger charge is -2.39. The second kappa shape index (κ2) is 4.28. The maximum atomic E-state index is 11.1. The Morgan fingerprint density at radius 2 is 2.14 bits per heavy atom. The normalized spacial score (nSPS) is 31.1. The van der Waals surface area contributed by atoms with Crippen molar-refractivity contribution in [2.75, 3.05) is 7.11 Å². The van der Waals surface area contributed by atoms with Gasteiger partial charge in [0.1, 0.15) is 0 Å². The summed E-state index contributed by atoms with van der Waals surface area (Å²) in [6.45, 7) is 5.69. The summed E-state index contributed by atoms with van der Waals surface area (Å²) < 4.78 is 15.7. The molecule has 1 fully saturated rings. The maximum Gasteiger partial charge on any atom is 0.308 e. The summed E-state index contributed by atoms with van der Waals surface area (Å²) in [5.74, 6) is -0.837. The molecule has 0 radical (unpaired) electrons. The Hall–Kier alpha value is -0.610. The molecule has 0 unspecified atom stereocenters. The van der Waals surface area contributed by atoms with Gasteiger partial charge in [-0.05, 0) is 20.8 Å². The minimum absolute atomic E-state index is 0.0961. The van der Waals surface area contributed by atoms with Gasteiger partial charge in [0.15, 0.2) is 5.79 Å². The topological polar surface area (TPSA) is 44.8 Å². The first-order chi connectivity index (χ1) is 6.43. The molecule has 1 rings (SSSR count). The zero-order chi connectivity index (χ0) is 10.8. The molecule has 0 aromatic rings. The van der Waals surface area contributed by atoms with Gasteiger partial charge < -0.3 is 14.2 Å². The van der Waals surface area contributed by atoms with Crippen molar-refractivity contribution in [2.24, 2.45) is 0 Å². The molecule has 0 saturated carbocycles. The number of rotatable bonds is 2. The molecule has 4 nitrogen and oxygen atoms in total. The number of hydrogen-bond acceptors (Lipinski definition) is 4. The molecule has 4 heteroatoms. The van der Waals surface area contributed by atoms with Gasteiger partial charge in [0.05, 0.1) is 25.7 Å². The lowest BCUT2D eigenvalue weighted by atomic mass is 10.1. The van der Waals surface area contributed by atoms with Crippen LogP contribution in [0.4, 0.5) is 0 Å². The Kier molecular flexibility index (Phi) is 3.50. The molecule has 0 aliphatic carbocycles. The highest BCUT2D eigenvalue weighted by molar-refractivity contribution is 5.69. The Bertz CT molecular complexity index is 212. The summed E-state index contributed by atoms with van der Waals surface area (Å²) in [4.78, 5) is 11.1. The van der Waals surface area contributed by atoms with E-state index in [1.54, 1.807) is 0 Å². The Morgan fingerprint density at radius 3 is 2.64 bits per heavy atom. The monoisotopic (exact) mass is 202 g/mol. The molecule has 0 amide bonds. The fraction of sp³-hybridized carbons (Fsp3) is 0.900. The molecule has 0 aromatic heterocycles. The fourth-order valence-corrected chi connectivity index (χ4v) is 1.77. The van der Waals surface area contributed by atoms with Gasteiger partial charge in [0, 0.05) is 6.42 Å². The first kappa shape index (κ1) is 11.5. The van der Waals surface area contributed by atoms with Gasteiger partial charge in [0.2, 0.25) is 0 Å². The van der Waals surface area contributed by atoms with Crippen molar-refractivity contribution in [1.82, 2.24) is 0 Å². The lowest BCUT2D eigenvalue weighted by molar-refractivity contribution is -0.296. The van der Waals surface area contributed by atoms with Crippen LogP contribution in [0.1, 0.15) is 33.6 Å². The lowest BCUT2D eigenvalue weighted by Crippen LogP contribution is -2.44. The zero-order valence-electron chi connectivity index (χ0n) is 9.20. The number of methoxy groups -OCH3 is 1. The van der Waals surface area contributed by atoms with E-state index in [-0.39, 0.29) is 18.2 Å². The van der Waals surface area contributed by atoms with Crippen LogP contribution in [0, 0.1) is 0 Å². The van der Waals surface area contributed by atoms with Crippen LogP contribution in [0.5, 0.6) is 0 Å². The Labute approximate surface area is 84.5 Å². The van der Waals surface area contributed by atoms with Gasteiger partial charge in [-0.25, -0.2) is 0 Å². The van der Waals surface area contributed by atoms with Crippen LogP contribution in [0.25, 0.3) is 0 Å². The summed E-state index contributed by atoms with van der Waals surface area (Å²) in [7, 11) is 1.39. The Morgan fingerprint density at radius 1 is 1.50 bits per heavy atom. The predicted octanol–water partition coefficient (Wildman–Crippen LogP) is 1.48. The number of ether oxygens (including phenoxy) is 3. The highest BCUT2D eigenvalue weighted by atomic mass is 16.7. The summed E-state index contributed by atoms with van der Waals surface area (Å²) in [6.07, 6.45) is 1.06. The van der Waals surface area contributed by atoms with Crippen molar-refractivity contribution in [3.05, 3.63) is 0 Å². The molecule has 2 atom stereocenters. The van der Waals surface area contributed by atoms with Crippen LogP contribution >= 0.6 is 0 Å². The van der Waals surface area contributed by atoms with Crippen molar-refractivity contribution in [3.63, 3.8) is 0 Å². The highest BCUT2D eigenvalue weighted by Gasteiger charge is 2.34. The van der Waals surface area contributed by atoms with Crippen molar-refractivity contribution in [3.8, 4) is 0 Å². The molecule has 82 valence electrons. The van der Waals surface area contributed by atoms with E-state index in [0.717, 1.165) is 6.42 Å². The number of hydrogen-bond donors (Lipinski definition) is 0. The third-order valence-electron chi connectivity index (χ3n) is 2.15. The van der Waals surface area contributed by atoms with Crippen molar-refractivity contribution >= 4 is 5.97 Å². The van der Waals surface area contributed by atoms with Gasteiger partial charge in [0.25, 0.3) is 0 Å². The molecule has 1 aliphatic heterocycles. The van der Waals surface area contributed by atoms with Crippen molar-refractivity contribution in [1.29, 1.82) is 0 Å². The summed E-state index contributed by atoms with van der Waals surface area (Å²) in [5, 5.41) is 0. The standard InChI is InChI=1S/C10H18O4/c1-7-5-8(6-9(11)12-4)14-10(2,3)13-7/h7-8H,5-6H2,1-4H3/t7-,8+/m1/s1. The van der Waals surface area contributed by atoms with E-state index in [1.165, 1.54) is 7.11 Å². The molecule has 1 aliphatic rings. The summed E-state index contributed by atoms with van der Waals surface area (Å²) in [6, 6.07) is 0. The molecule has 1 saturated heterocycles. The first-order valence-electron chi connectivity index (χ1n) is 4.85. The van der Waals surface area contributed by atoms with Crippen LogP contribution in [0.2, 0.25) is 0 Å². The van der Waals surface area contributed by atoms with Crippen LogP contribution in [0.15, 0.2) is 0 Å². The smallest absolute Gasteiger partial charge is 0.308 e. The number of esters is 1. The summed E-state index contributed by atoms with van der Waals surface area (Å²) >= 11 is 0. The third kappa shape index (κ3) is 3.27. The van der Waals surface area contributed by atoms with Crippen LogP contribution in [0.3, 0.4) is 0 Å². The van der Waals surface area contributed by atoms with E-state index < -0.39 is 5.79 Å². The van der Waals surface area contributed by atoms with Crippen LogP contribution < -0.4 is 0 Å². The van der Waals surface area contributed by atoms with E-state index in [1.807, 2.05) is 20.8 Å². The van der Waals surface area contributed by atoms with E-state index >= 15 is 0 Å². The molecule has 0 aromatic carbocycles. The fourth-order valence-electron chi connectivity index (χ4n) is 1.77. The van der Waals surface area contributed by atoms with Gasteiger partial charge in [-0.15, -0.1) is 0 Å². The van der Waals surface area contributed by atoms with Gasteiger partial charge in [-0.2, -0.15) is 0 Å². The average molecular weight is 202 g/mol. The van der Waals surface area contributed by atoms with Gasteiger partial charge in [-0.1, -0.05) is 0 Å². The second-order valence-electron chi connectivity index (χ2n) is 4.08. The zero-order valence-corrected chi connectivity index (χ0v) is 9.20. The van der Waals surface area contributed by atoms with Gasteiger partial charge >= 0.3 is 5.97 Å². The first-order valence-corrected chi connectivity index (χ1v) is 4.85. The average Bonchev–Trinajstić information content (AvgIpc) is 1.99. The van der Waals surface area contributed by atoms with Crippen LogP contribution in [-0.4, -0.2) is 31.1 Å². The van der Waals surface area contributed by atoms with E-state index in [4.69, 9.17) is 9.47 Å². The SMILES string of the molecule is COC(=O)C[C@@H]1C[C@@H](C)OC(C)(C)O1. The minimum atomic E-state index is -0.601. The van der Waals surface area contributed by atoms with Gasteiger partial charge in [-0.3, -0.25) is 4.79 Å². The quantitative estimate of drug-likeness (QED) is 0.636. The number of carbonyl (C=O) groups is 1. The van der Waals surface area contributed by atoms with Crippen molar-refractivity contribution in [2.45, 2.75) is 51.6 Å². The highest BCUT2D eigenvalue weighted by Crippen LogP contribution is 2.27. The molecule has 0 spiro atoms. The third-order valence-corrected chi connectivity index (χ3v) is 2.15. The molecule has 14 heavy (non-hydrogen) atoms. The molecular formula is C10H18O4. The summed E-state index contributed by atoms with van der Waals surface area (Å²) in [5.41, 5.74) is 0. The molecule has 0 bridgehead atoms. The molecule has 0 N–H and O–H groups in total. The predicted molar refractivity (Wildman–Crippen MR) is 50.7 cm³/mol. The molecular weight excluding hydrogens is 184 g/mol. The Balaban J connectivity index is 2.50. The van der Waals surface area contributed by atoms with E-state index in [0.29, 0.717) is 6.42 Å². The van der Waals surface area contributed by atoms with Crippen LogP contribution in [-0.2, 0) is 19.0 Å².